The molecule has 1 aliphatic heterocycles. The maximum atomic E-state index is 12.9. The molecule has 146 valence electrons. The van der Waals surface area contributed by atoms with Gasteiger partial charge in [-0.3, -0.25) is 9.59 Å². The first-order valence-corrected chi connectivity index (χ1v) is 9.46. The summed E-state index contributed by atoms with van der Waals surface area (Å²) in [5.74, 6) is 0.735. The van der Waals surface area contributed by atoms with E-state index in [0.717, 1.165) is 29.8 Å². The van der Waals surface area contributed by atoms with E-state index in [0.29, 0.717) is 18.8 Å². The summed E-state index contributed by atoms with van der Waals surface area (Å²) in [5.41, 5.74) is 2.22. The van der Waals surface area contributed by atoms with Gasteiger partial charge in [0.05, 0.1) is 30.4 Å². The minimum absolute atomic E-state index is 0.0154. The number of carbonyl (C=O) groups excluding carboxylic acids is 1. The van der Waals surface area contributed by atoms with E-state index in [2.05, 4.69) is 31.0 Å². The van der Waals surface area contributed by atoms with Crippen LogP contribution in [0.4, 0.5) is 0 Å². The van der Waals surface area contributed by atoms with Crippen molar-refractivity contribution in [2.45, 2.75) is 71.9 Å². The Morgan fingerprint density at radius 1 is 1.30 bits per heavy atom. The number of hydrogen-bond acceptors (Lipinski definition) is 5. The second-order valence-corrected chi connectivity index (χ2v) is 8.35. The number of aromatic nitrogens is 3. The molecule has 27 heavy (non-hydrogen) atoms. The van der Waals surface area contributed by atoms with Crippen LogP contribution in [-0.4, -0.2) is 38.3 Å². The summed E-state index contributed by atoms with van der Waals surface area (Å²) in [5, 5.41) is 8.47. The van der Waals surface area contributed by atoms with Crippen LogP contribution >= 0.6 is 0 Å². The predicted octanol–water partition coefficient (Wildman–Crippen LogP) is 2.38. The van der Waals surface area contributed by atoms with E-state index < -0.39 is 0 Å². The number of carbonyl (C=O) groups is 1. The minimum Gasteiger partial charge on any atom is -0.361 e. The van der Waals surface area contributed by atoms with Crippen LogP contribution in [0.5, 0.6) is 0 Å². The van der Waals surface area contributed by atoms with Crippen molar-refractivity contribution in [2.75, 3.05) is 6.54 Å². The third-order valence-corrected chi connectivity index (χ3v) is 5.23. The average Bonchev–Trinajstić information content (AvgIpc) is 3.17. The molecule has 0 spiro atoms. The number of likely N-dealkylation sites (tertiary alicyclic amines) is 1. The van der Waals surface area contributed by atoms with E-state index in [1.165, 1.54) is 4.68 Å². The summed E-state index contributed by atoms with van der Waals surface area (Å²) in [7, 11) is 0. The maximum absolute atomic E-state index is 12.9. The molecule has 3 rings (SSSR count). The standard InChI is InChI=1S/C20H28N4O3/c1-13-16(14(2)27-22-13)11-19(26)23-10-6-7-15(23)12-24-18(25)9-8-17(21-24)20(3,4)5/h8-9,15H,6-7,10-12H2,1-5H3. The van der Waals surface area contributed by atoms with Crippen molar-refractivity contribution in [3.8, 4) is 0 Å². The number of rotatable bonds is 4. The van der Waals surface area contributed by atoms with Crippen molar-refractivity contribution in [1.29, 1.82) is 0 Å². The van der Waals surface area contributed by atoms with Crippen LogP contribution in [0.1, 0.15) is 56.3 Å². The molecule has 1 saturated heterocycles. The van der Waals surface area contributed by atoms with Gasteiger partial charge in [0.25, 0.3) is 5.56 Å². The van der Waals surface area contributed by atoms with Gasteiger partial charge in [-0.05, 0) is 32.8 Å². The Balaban J connectivity index is 1.77. The van der Waals surface area contributed by atoms with Gasteiger partial charge in [0.15, 0.2) is 0 Å². The molecule has 2 aromatic rings. The van der Waals surface area contributed by atoms with E-state index in [9.17, 15) is 9.59 Å². The molecule has 0 saturated carbocycles. The van der Waals surface area contributed by atoms with Gasteiger partial charge < -0.3 is 9.42 Å². The lowest BCUT2D eigenvalue weighted by Gasteiger charge is -2.26. The fraction of sp³-hybridized carbons (Fsp3) is 0.600. The van der Waals surface area contributed by atoms with Gasteiger partial charge in [-0.25, -0.2) is 4.68 Å². The zero-order chi connectivity index (χ0) is 19.8. The maximum Gasteiger partial charge on any atom is 0.266 e. The Bertz CT molecular complexity index is 872. The molecule has 0 bridgehead atoms. The van der Waals surface area contributed by atoms with Gasteiger partial charge in [-0.2, -0.15) is 5.10 Å². The summed E-state index contributed by atoms with van der Waals surface area (Å²) in [6.45, 7) is 11.0. The van der Waals surface area contributed by atoms with E-state index >= 15 is 0 Å². The van der Waals surface area contributed by atoms with Crippen molar-refractivity contribution >= 4 is 5.91 Å². The lowest BCUT2D eigenvalue weighted by molar-refractivity contribution is -0.131. The fourth-order valence-electron chi connectivity index (χ4n) is 3.54. The van der Waals surface area contributed by atoms with Crippen molar-refractivity contribution < 1.29 is 9.32 Å². The largest absolute Gasteiger partial charge is 0.361 e. The molecule has 0 aliphatic carbocycles. The minimum atomic E-state index is -0.135. The van der Waals surface area contributed by atoms with Gasteiger partial charge in [0, 0.05) is 23.6 Å². The zero-order valence-electron chi connectivity index (χ0n) is 16.8. The molecule has 1 atom stereocenters. The number of aryl methyl sites for hydroxylation is 2. The molecule has 1 aliphatic rings. The highest BCUT2D eigenvalue weighted by Gasteiger charge is 2.30. The van der Waals surface area contributed by atoms with E-state index in [-0.39, 0.29) is 29.3 Å². The molecule has 0 radical (unpaired) electrons. The first-order chi connectivity index (χ1) is 12.7. The summed E-state index contributed by atoms with van der Waals surface area (Å²) >= 11 is 0. The van der Waals surface area contributed by atoms with Gasteiger partial charge in [-0.15, -0.1) is 0 Å². The summed E-state index contributed by atoms with van der Waals surface area (Å²) in [6.07, 6.45) is 2.09. The van der Waals surface area contributed by atoms with Crippen LogP contribution in [0.15, 0.2) is 21.5 Å². The first-order valence-electron chi connectivity index (χ1n) is 9.46. The Morgan fingerprint density at radius 3 is 2.67 bits per heavy atom. The molecule has 7 heteroatoms. The smallest absolute Gasteiger partial charge is 0.266 e. The number of nitrogens with zero attached hydrogens (tertiary/aromatic N) is 4. The topological polar surface area (TPSA) is 81.2 Å². The Labute approximate surface area is 159 Å². The molecule has 0 N–H and O–H groups in total. The van der Waals surface area contributed by atoms with Crippen LogP contribution in [0.3, 0.4) is 0 Å². The number of hydrogen-bond donors (Lipinski definition) is 0. The Morgan fingerprint density at radius 2 is 2.04 bits per heavy atom. The Hall–Kier alpha value is -2.44. The number of amides is 1. The molecular weight excluding hydrogens is 344 g/mol. The normalized spacial score (nSPS) is 17.5. The van der Waals surface area contributed by atoms with Crippen LogP contribution in [0, 0.1) is 13.8 Å². The van der Waals surface area contributed by atoms with Crippen molar-refractivity contribution in [2.24, 2.45) is 0 Å². The third kappa shape index (κ3) is 4.12. The van der Waals surface area contributed by atoms with Crippen LogP contribution in [0.2, 0.25) is 0 Å². The molecule has 1 unspecified atom stereocenters. The summed E-state index contributed by atoms with van der Waals surface area (Å²) in [6, 6.07) is 3.34. The van der Waals surface area contributed by atoms with E-state index in [4.69, 9.17) is 4.52 Å². The lowest BCUT2D eigenvalue weighted by atomic mass is 9.92. The molecule has 1 amide bonds. The molecular formula is C20H28N4O3. The van der Waals surface area contributed by atoms with E-state index in [1.807, 2.05) is 18.7 Å². The average molecular weight is 372 g/mol. The van der Waals surface area contributed by atoms with Crippen molar-refractivity contribution in [1.82, 2.24) is 19.8 Å². The quantitative estimate of drug-likeness (QED) is 0.823. The van der Waals surface area contributed by atoms with Crippen LogP contribution in [-0.2, 0) is 23.2 Å². The SMILES string of the molecule is Cc1noc(C)c1CC(=O)N1CCCC1Cn1nc(C(C)(C)C)ccc1=O. The van der Waals surface area contributed by atoms with Crippen LogP contribution in [0.25, 0.3) is 0 Å². The molecule has 0 aromatic carbocycles. The van der Waals surface area contributed by atoms with E-state index in [1.54, 1.807) is 12.1 Å². The Kier molecular flexibility index (Phi) is 5.22. The summed E-state index contributed by atoms with van der Waals surface area (Å²) in [4.78, 5) is 27.0. The first kappa shape index (κ1) is 19.3. The second kappa shape index (κ2) is 7.29. The highest BCUT2D eigenvalue weighted by atomic mass is 16.5. The summed E-state index contributed by atoms with van der Waals surface area (Å²) < 4.78 is 6.67. The van der Waals surface area contributed by atoms with Crippen molar-refractivity contribution in [3.05, 3.63) is 45.2 Å². The lowest BCUT2D eigenvalue weighted by Crippen LogP contribution is -2.41. The molecule has 3 heterocycles. The molecule has 1 fully saturated rings. The van der Waals surface area contributed by atoms with Gasteiger partial charge in [0.1, 0.15) is 5.76 Å². The monoisotopic (exact) mass is 372 g/mol. The zero-order valence-corrected chi connectivity index (χ0v) is 16.8. The van der Waals surface area contributed by atoms with Crippen LogP contribution < -0.4 is 5.56 Å². The highest BCUT2D eigenvalue weighted by molar-refractivity contribution is 5.79. The van der Waals surface area contributed by atoms with Gasteiger partial charge in [-0.1, -0.05) is 25.9 Å². The highest BCUT2D eigenvalue weighted by Crippen LogP contribution is 2.22. The molecule has 2 aromatic heterocycles. The molecule has 7 nitrogen and oxygen atoms in total. The second-order valence-electron chi connectivity index (χ2n) is 8.35. The van der Waals surface area contributed by atoms with Crippen molar-refractivity contribution in [3.63, 3.8) is 0 Å². The fourth-order valence-corrected chi connectivity index (χ4v) is 3.54. The predicted molar refractivity (Wildman–Crippen MR) is 102 cm³/mol. The van der Waals surface area contributed by atoms with Gasteiger partial charge >= 0.3 is 0 Å². The third-order valence-electron chi connectivity index (χ3n) is 5.23. The van der Waals surface area contributed by atoms with Gasteiger partial charge in [0.2, 0.25) is 5.91 Å².